The van der Waals surface area contributed by atoms with E-state index < -0.39 is 18.0 Å². The summed E-state index contributed by atoms with van der Waals surface area (Å²) in [6, 6.07) is -0.917. The molecule has 5 nitrogen and oxygen atoms in total. The number of carbonyl (C=O) groups is 2. The highest BCUT2D eigenvalue weighted by Crippen LogP contribution is 2.41. The zero-order chi connectivity index (χ0) is 9.30. The van der Waals surface area contributed by atoms with Crippen LogP contribution in [0.1, 0.15) is 12.8 Å². The summed E-state index contributed by atoms with van der Waals surface area (Å²) < 4.78 is 0. The van der Waals surface area contributed by atoms with Gasteiger partial charge in [-0.1, -0.05) is 0 Å². The van der Waals surface area contributed by atoms with Gasteiger partial charge in [-0.15, -0.1) is 12.4 Å². The van der Waals surface area contributed by atoms with E-state index in [1.54, 1.807) is 0 Å². The quantitative estimate of drug-likeness (QED) is 0.602. The molecule has 1 aliphatic carbocycles. The predicted molar refractivity (Wildman–Crippen MR) is 46.7 cm³/mol. The SMILES string of the molecule is Cl.N[C@@H](C[C@H]1C[C@@H]1C(=O)O)C(=O)O. The van der Waals surface area contributed by atoms with Crippen LogP contribution in [-0.2, 0) is 9.59 Å². The van der Waals surface area contributed by atoms with Crippen LogP contribution in [0.4, 0.5) is 0 Å². The number of carboxylic acid groups (broad SMARTS) is 2. The summed E-state index contributed by atoms with van der Waals surface area (Å²) in [5.41, 5.74) is 5.23. The van der Waals surface area contributed by atoms with Gasteiger partial charge in [-0.2, -0.15) is 0 Å². The molecule has 1 rings (SSSR count). The van der Waals surface area contributed by atoms with Crippen molar-refractivity contribution in [1.82, 2.24) is 0 Å². The minimum Gasteiger partial charge on any atom is -0.481 e. The van der Waals surface area contributed by atoms with Gasteiger partial charge >= 0.3 is 11.9 Å². The van der Waals surface area contributed by atoms with Crippen molar-refractivity contribution in [2.24, 2.45) is 17.6 Å². The molecule has 1 aliphatic rings. The Morgan fingerprint density at radius 3 is 2.31 bits per heavy atom. The van der Waals surface area contributed by atoms with Gasteiger partial charge in [0.05, 0.1) is 5.92 Å². The van der Waals surface area contributed by atoms with E-state index in [1.165, 1.54) is 0 Å². The highest BCUT2D eigenvalue weighted by atomic mass is 35.5. The molecule has 1 fully saturated rings. The number of carboxylic acids is 2. The molecule has 0 saturated heterocycles. The van der Waals surface area contributed by atoms with E-state index in [0.717, 1.165) is 0 Å². The number of nitrogens with two attached hydrogens (primary N) is 1. The fourth-order valence-corrected chi connectivity index (χ4v) is 1.24. The highest BCUT2D eigenvalue weighted by Gasteiger charge is 2.44. The molecule has 0 amide bonds. The largest absolute Gasteiger partial charge is 0.481 e. The molecule has 0 bridgehead atoms. The smallest absolute Gasteiger partial charge is 0.320 e. The van der Waals surface area contributed by atoms with Gasteiger partial charge in [0, 0.05) is 0 Å². The fraction of sp³-hybridized carbons (Fsp3) is 0.714. The first-order chi connectivity index (χ1) is 5.52. The molecule has 0 aromatic rings. The molecular formula is C7H12ClNO4. The molecule has 0 aromatic carbocycles. The first-order valence-electron chi connectivity index (χ1n) is 3.73. The van der Waals surface area contributed by atoms with Gasteiger partial charge in [-0.25, -0.2) is 0 Å². The third-order valence-corrected chi connectivity index (χ3v) is 2.11. The lowest BCUT2D eigenvalue weighted by molar-refractivity contribution is -0.140. The topological polar surface area (TPSA) is 101 Å². The highest BCUT2D eigenvalue weighted by molar-refractivity contribution is 5.85. The van der Waals surface area contributed by atoms with Crippen molar-refractivity contribution in [3.8, 4) is 0 Å². The van der Waals surface area contributed by atoms with Crippen LogP contribution in [0.15, 0.2) is 0 Å². The minimum absolute atomic E-state index is 0. The Hall–Kier alpha value is -0.810. The summed E-state index contributed by atoms with van der Waals surface area (Å²) in [6.45, 7) is 0. The molecule has 4 N–H and O–H groups in total. The van der Waals surface area contributed by atoms with Gasteiger partial charge in [0.25, 0.3) is 0 Å². The van der Waals surface area contributed by atoms with Crippen LogP contribution < -0.4 is 5.73 Å². The van der Waals surface area contributed by atoms with E-state index in [1.807, 2.05) is 0 Å². The number of halogens is 1. The normalized spacial score (nSPS) is 27.2. The van der Waals surface area contributed by atoms with E-state index in [4.69, 9.17) is 15.9 Å². The zero-order valence-corrected chi connectivity index (χ0v) is 7.66. The van der Waals surface area contributed by atoms with Crippen LogP contribution in [0.3, 0.4) is 0 Å². The molecule has 0 aromatic heterocycles. The van der Waals surface area contributed by atoms with Crippen LogP contribution in [0.2, 0.25) is 0 Å². The molecule has 3 atom stereocenters. The zero-order valence-electron chi connectivity index (χ0n) is 6.84. The van der Waals surface area contributed by atoms with Crippen LogP contribution in [-0.4, -0.2) is 28.2 Å². The van der Waals surface area contributed by atoms with Crippen LogP contribution in [0.25, 0.3) is 0 Å². The van der Waals surface area contributed by atoms with Crippen molar-refractivity contribution in [2.75, 3.05) is 0 Å². The Labute approximate surface area is 81.3 Å². The summed E-state index contributed by atoms with van der Waals surface area (Å²) in [6.07, 6.45) is 0.836. The first-order valence-corrected chi connectivity index (χ1v) is 3.73. The first kappa shape index (κ1) is 12.2. The minimum atomic E-state index is -1.06. The fourth-order valence-electron chi connectivity index (χ4n) is 1.24. The maximum absolute atomic E-state index is 10.3. The predicted octanol–water partition coefficient (Wildman–Crippen LogP) is -0.0691. The molecule has 0 spiro atoms. The summed E-state index contributed by atoms with van der Waals surface area (Å²) in [4.78, 5) is 20.6. The average Bonchev–Trinajstić information content (AvgIpc) is 2.67. The van der Waals surface area contributed by atoms with Gasteiger partial charge in [0.1, 0.15) is 6.04 Å². The second-order valence-corrected chi connectivity index (χ2v) is 3.12. The van der Waals surface area contributed by atoms with Gasteiger partial charge in [-0.3, -0.25) is 9.59 Å². The molecule has 1 saturated carbocycles. The summed E-state index contributed by atoms with van der Waals surface area (Å²) in [5.74, 6) is -2.31. The van der Waals surface area contributed by atoms with Gasteiger partial charge < -0.3 is 15.9 Å². The van der Waals surface area contributed by atoms with Gasteiger partial charge in [0.15, 0.2) is 0 Å². The van der Waals surface area contributed by atoms with Crippen molar-refractivity contribution < 1.29 is 19.8 Å². The summed E-state index contributed by atoms with van der Waals surface area (Å²) >= 11 is 0. The van der Waals surface area contributed by atoms with E-state index in [-0.39, 0.29) is 30.7 Å². The average molecular weight is 210 g/mol. The third kappa shape index (κ3) is 3.20. The van der Waals surface area contributed by atoms with Crippen molar-refractivity contribution in [1.29, 1.82) is 0 Å². The molecule has 6 heteroatoms. The number of hydrogen-bond acceptors (Lipinski definition) is 3. The number of aliphatic carboxylic acids is 2. The summed E-state index contributed by atoms with van der Waals surface area (Å²) in [7, 11) is 0. The van der Waals surface area contributed by atoms with E-state index in [0.29, 0.717) is 6.42 Å². The standard InChI is InChI=1S/C7H11NO4.ClH/c8-5(7(11)12)2-3-1-4(3)6(9)10;/h3-5H,1-2,8H2,(H,9,10)(H,11,12);1H/t3-,4+,5+;/m1./s1. The molecule has 0 unspecified atom stereocenters. The molecule has 13 heavy (non-hydrogen) atoms. The monoisotopic (exact) mass is 209 g/mol. The lowest BCUT2D eigenvalue weighted by Gasteiger charge is -2.03. The van der Waals surface area contributed by atoms with Gasteiger partial charge in [-0.05, 0) is 18.8 Å². The van der Waals surface area contributed by atoms with Gasteiger partial charge in [0.2, 0.25) is 0 Å². The molecule has 0 radical (unpaired) electrons. The Bertz CT molecular complexity index is 221. The van der Waals surface area contributed by atoms with Crippen LogP contribution >= 0.6 is 12.4 Å². The maximum Gasteiger partial charge on any atom is 0.320 e. The molecule has 76 valence electrons. The van der Waals surface area contributed by atoms with Crippen LogP contribution in [0.5, 0.6) is 0 Å². The van der Waals surface area contributed by atoms with Crippen molar-refractivity contribution in [3.63, 3.8) is 0 Å². The Morgan fingerprint density at radius 1 is 1.46 bits per heavy atom. The van der Waals surface area contributed by atoms with E-state index >= 15 is 0 Å². The lowest BCUT2D eigenvalue weighted by Crippen LogP contribution is -2.30. The number of hydrogen-bond donors (Lipinski definition) is 3. The second-order valence-electron chi connectivity index (χ2n) is 3.12. The van der Waals surface area contributed by atoms with Crippen molar-refractivity contribution in [2.45, 2.75) is 18.9 Å². The summed E-state index contributed by atoms with van der Waals surface area (Å²) in [5, 5.41) is 16.9. The van der Waals surface area contributed by atoms with Crippen LogP contribution in [0, 0.1) is 11.8 Å². The van der Waals surface area contributed by atoms with Crippen molar-refractivity contribution in [3.05, 3.63) is 0 Å². The van der Waals surface area contributed by atoms with E-state index in [2.05, 4.69) is 0 Å². The second kappa shape index (κ2) is 4.43. The number of rotatable bonds is 4. The van der Waals surface area contributed by atoms with E-state index in [9.17, 15) is 9.59 Å². The maximum atomic E-state index is 10.3. The lowest BCUT2D eigenvalue weighted by atomic mass is 10.1. The Balaban J connectivity index is 0.00000144. The van der Waals surface area contributed by atoms with Crippen molar-refractivity contribution >= 4 is 24.3 Å². The Morgan fingerprint density at radius 2 is 2.00 bits per heavy atom. The molecular weight excluding hydrogens is 198 g/mol. The molecule has 0 aliphatic heterocycles. The third-order valence-electron chi connectivity index (χ3n) is 2.11. The molecule has 0 heterocycles. The Kier molecular flexibility index (Phi) is 4.16.